The first-order valence-electron chi connectivity index (χ1n) is 8.80. The average molecular weight is 409 g/mol. The number of rotatable bonds is 6. The van der Waals surface area contributed by atoms with Crippen molar-refractivity contribution in [3.05, 3.63) is 71.8 Å². The number of fused-ring (bicyclic) bond motifs is 1. The molecule has 146 valence electrons. The third-order valence-electron chi connectivity index (χ3n) is 4.15. The van der Waals surface area contributed by atoms with E-state index in [0.717, 1.165) is 17.0 Å². The Balaban J connectivity index is 1.44. The molecule has 0 spiro atoms. The maximum absolute atomic E-state index is 12.2. The zero-order chi connectivity index (χ0) is 20.2. The lowest BCUT2D eigenvalue weighted by Gasteiger charge is -2.07. The normalized spacial score (nSPS) is 10.7. The second kappa shape index (κ2) is 8.20. The molecule has 0 aliphatic carbocycles. The molecule has 3 aromatic carbocycles. The van der Waals surface area contributed by atoms with Crippen LogP contribution in [0.25, 0.3) is 16.7 Å². The zero-order valence-corrected chi connectivity index (χ0v) is 16.3. The number of halogens is 1. The van der Waals surface area contributed by atoms with Crippen LogP contribution in [0, 0.1) is 0 Å². The van der Waals surface area contributed by atoms with E-state index in [2.05, 4.69) is 15.5 Å². The minimum atomic E-state index is -0.276. The van der Waals surface area contributed by atoms with E-state index in [1.165, 1.54) is 0 Å². The maximum atomic E-state index is 12.2. The van der Waals surface area contributed by atoms with E-state index in [4.69, 9.17) is 21.1 Å². The number of benzene rings is 3. The van der Waals surface area contributed by atoms with E-state index in [0.29, 0.717) is 22.0 Å². The summed E-state index contributed by atoms with van der Waals surface area (Å²) in [7, 11) is 1.62. The first-order valence-corrected chi connectivity index (χ1v) is 9.18. The van der Waals surface area contributed by atoms with Crippen LogP contribution < -0.4 is 14.8 Å². The number of aromatic nitrogens is 3. The molecule has 0 radical (unpaired) electrons. The smallest absolute Gasteiger partial charge is 0.262 e. The number of nitrogens with one attached hydrogen (secondary N) is 1. The van der Waals surface area contributed by atoms with Gasteiger partial charge in [0, 0.05) is 10.7 Å². The molecule has 0 saturated heterocycles. The number of ether oxygens (including phenoxy) is 2. The Morgan fingerprint density at radius 3 is 2.38 bits per heavy atom. The van der Waals surface area contributed by atoms with Crippen LogP contribution in [-0.4, -0.2) is 34.6 Å². The van der Waals surface area contributed by atoms with Crippen LogP contribution in [0.4, 0.5) is 5.69 Å². The molecule has 0 unspecified atom stereocenters. The lowest BCUT2D eigenvalue weighted by Crippen LogP contribution is -2.20. The van der Waals surface area contributed by atoms with Crippen LogP contribution in [0.1, 0.15) is 0 Å². The molecular formula is C21H17ClN4O3. The lowest BCUT2D eigenvalue weighted by molar-refractivity contribution is -0.118. The third-order valence-corrected chi connectivity index (χ3v) is 4.40. The van der Waals surface area contributed by atoms with Gasteiger partial charge in [0.1, 0.15) is 22.5 Å². The lowest BCUT2D eigenvalue weighted by atomic mass is 10.3. The minimum absolute atomic E-state index is 0.113. The van der Waals surface area contributed by atoms with Gasteiger partial charge in [-0.05, 0) is 66.7 Å². The second-order valence-corrected chi connectivity index (χ2v) is 6.62. The number of carbonyl (C=O) groups is 1. The van der Waals surface area contributed by atoms with Gasteiger partial charge in [-0.2, -0.15) is 4.80 Å². The molecule has 4 rings (SSSR count). The predicted octanol–water partition coefficient (Wildman–Crippen LogP) is 4.10. The van der Waals surface area contributed by atoms with Gasteiger partial charge in [-0.15, -0.1) is 10.2 Å². The van der Waals surface area contributed by atoms with Gasteiger partial charge in [0.2, 0.25) is 0 Å². The highest BCUT2D eigenvalue weighted by Crippen LogP contribution is 2.19. The summed E-state index contributed by atoms with van der Waals surface area (Å²) in [6.45, 7) is -0.113. The number of anilines is 1. The Morgan fingerprint density at radius 1 is 0.966 bits per heavy atom. The van der Waals surface area contributed by atoms with E-state index in [-0.39, 0.29) is 12.5 Å². The first-order chi connectivity index (χ1) is 14.1. The molecule has 1 N–H and O–H groups in total. The monoisotopic (exact) mass is 408 g/mol. The van der Waals surface area contributed by atoms with Crippen molar-refractivity contribution in [1.82, 2.24) is 15.0 Å². The molecule has 29 heavy (non-hydrogen) atoms. The van der Waals surface area contributed by atoms with Crippen LogP contribution >= 0.6 is 11.6 Å². The molecule has 0 saturated carbocycles. The van der Waals surface area contributed by atoms with Gasteiger partial charge in [-0.3, -0.25) is 4.79 Å². The average Bonchev–Trinajstić information content (AvgIpc) is 3.17. The van der Waals surface area contributed by atoms with Crippen LogP contribution in [-0.2, 0) is 4.79 Å². The number of hydrogen-bond donors (Lipinski definition) is 1. The molecule has 7 nitrogen and oxygen atoms in total. The van der Waals surface area contributed by atoms with Gasteiger partial charge in [-0.1, -0.05) is 11.6 Å². The van der Waals surface area contributed by atoms with Crippen molar-refractivity contribution in [2.45, 2.75) is 0 Å². The van der Waals surface area contributed by atoms with Crippen molar-refractivity contribution in [1.29, 1.82) is 0 Å². The highest BCUT2D eigenvalue weighted by molar-refractivity contribution is 6.30. The van der Waals surface area contributed by atoms with Crippen LogP contribution in [0.2, 0.25) is 5.02 Å². The number of hydrogen-bond acceptors (Lipinski definition) is 5. The standard InChI is InChI=1S/C21H17ClN4O3/c1-28-17-9-5-16(6-10-17)26-24-19-11-4-15(12-20(19)25-26)23-21(27)13-29-18-7-2-14(22)3-8-18/h2-12H,13H2,1H3,(H,23,27). The van der Waals surface area contributed by atoms with Crippen molar-refractivity contribution in [2.75, 3.05) is 19.0 Å². The summed E-state index contributed by atoms with van der Waals surface area (Å²) >= 11 is 5.83. The summed E-state index contributed by atoms with van der Waals surface area (Å²) in [6, 6.07) is 19.6. The molecule has 0 atom stereocenters. The summed E-state index contributed by atoms with van der Waals surface area (Å²) in [5, 5.41) is 12.3. The molecule has 0 aliphatic rings. The molecular weight excluding hydrogens is 392 g/mol. The van der Waals surface area contributed by atoms with Crippen LogP contribution in [0.3, 0.4) is 0 Å². The summed E-state index contributed by atoms with van der Waals surface area (Å²) < 4.78 is 10.6. The van der Waals surface area contributed by atoms with Gasteiger partial charge in [0.05, 0.1) is 12.8 Å². The van der Waals surface area contributed by atoms with Crippen molar-refractivity contribution in [3.8, 4) is 17.2 Å². The first kappa shape index (κ1) is 18.8. The van der Waals surface area contributed by atoms with Gasteiger partial charge < -0.3 is 14.8 Å². The van der Waals surface area contributed by atoms with Gasteiger partial charge in [-0.25, -0.2) is 0 Å². The Hall–Kier alpha value is -3.58. The Morgan fingerprint density at radius 2 is 1.66 bits per heavy atom. The zero-order valence-electron chi connectivity index (χ0n) is 15.5. The Labute approximate surface area is 171 Å². The van der Waals surface area contributed by atoms with Crippen LogP contribution in [0.5, 0.6) is 11.5 Å². The van der Waals surface area contributed by atoms with E-state index in [1.54, 1.807) is 54.4 Å². The number of nitrogens with zero attached hydrogens (tertiary/aromatic N) is 3. The number of amides is 1. The van der Waals surface area contributed by atoms with Gasteiger partial charge in [0.25, 0.3) is 5.91 Å². The molecule has 8 heteroatoms. The van der Waals surface area contributed by atoms with Crippen molar-refractivity contribution >= 4 is 34.2 Å². The van der Waals surface area contributed by atoms with E-state index < -0.39 is 0 Å². The van der Waals surface area contributed by atoms with Crippen molar-refractivity contribution < 1.29 is 14.3 Å². The van der Waals surface area contributed by atoms with Crippen LogP contribution in [0.15, 0.2) is 66.7 Å². The number of carbonyl (C=O) groups excluding carboxylic acids is 1. The van der Waals surface area contributed by atoms with Crippen molar-refractivity contribution in [2.24, 2.45) is 0 Å². The summed E-state index contributed by atoms with van der Waals surface area (Å²) in [5.74, 6) is 1.06. The maximum Gasteiger partial charge on any atom is 0.262 e. The van der Waals surface area contributed by atoms with Gasteiger partial charge >= 0.3 is 0 Å². The summed E-state index contributed by atoms with van der Waals surface area (Å²) in [6.07, 6.45) is 0. The summed E-state index contributed by atoms with van der Waals surface area (Å²) in [4.78, 5) is 13.7. The fraction of sp³-hybridized carbons (Fsp3) is 0.0952. The molecule has 1 aromatic heterocycles. The van der Waals surface area contributed by atoms with Crippen molar-refractivity contribution in [3.63, 3.8) is 0 Å². The topological polar surface area (TPSA) is 78.3 Å². The highest BCUT2D eigenvalue weighted by atomic mass is 35.5. The minimum Gasteiger partial charge on any atom is -0.497 e. The Kier molecular flexibility index (Phi) is 5.31. The SMILES string of the molecule is COc1ccc(-n2nc3ccc(NC(=O)COc4ccc(Cl)cc4)cc3n2)cc1. The van der Waals surface area contributed by atoms with E-state index in [9.17, 15) is 4.79 Å². The quantitative estimate of drug-likeness (QED) is 0.519. The highest BCUT2D eigenvalue weighted by Gasteiger charge is 2.09. The molecule has 1 amide bonds. The third kappa shape index (κ3) is 4.47. The largest absolute Gasteiger partial charge is 0.497 e. The number of methoxy groups -OCH3 is 1. The predicted molar refractivity (Wildman–Crippen MR) is 111 cm³/mol. The fourth-order valence-corrected chi connectivity index (χ4v) is 2.83. The van der Waals surface area contributed by atoms with E-state index >= 15 is 0 Å². The molecule has 0 aliphatic heterocycles. The van der Waals surface area contributed by atoms with E-state index in [1.807, 2.05) is 24.3 Å². The molecule has 1 heterocycles. The Bertz CT molecular complexity index is 1140. The fourth-order valence-electron chi connectivity index (χ4n) is 2.70. The molecule has 4 aromatic rings. The summed E-state index contributed by atoms with van der Waals surface area (Å²) in [5.41, 5.74) is 2.81. The molecule has 0 fully saturated rings. The second-order valence-electron chi connectivity index (χ2n) is 6.18. The molecule has 0 bridgehead atoms. The van der Waals surface area contributed by atoms with Gasteiger partial charge in [0.15, 0.2) is 6.61 Å².